The first-order chi connectivity index (χ1) is 8.63. The number of ether oxygens (including phenoxy) is 1. The molecule has 2 aliphatic heterocycles. The molecule has 3 nitrogen and oxygen atoms in total. The van der Waals surface area contributed by atoms with Crippen molar-refractivity contribution in [2.24, 2.45) is 0 Å². The van der Waals surface area contributed by atoms with Crippen LogP contribution in [-0.4, -0.2) is 36.1 Å². The van der Waals surface area contributed by atoms with Gasteiger partial charge < -0.3 is 9.64 Å². The van der Waals surface area contributed by atoms with E-state index in [-0.39, 0.29) is 18.1 Å². The SMILES string of the molecule is Cc1ccc(C(=O)N2CC3CCC(C2)O3)cc1Br. The van der Waals surface area contributed by atoms with Gasteiger partial charge in [-0.25, -0.2) is 0 Å². The van der Waals surface area contributed by atoms with E-state index in [0.717, 1.165) is 41.5 Å². The van der Waals surface area contributed by atoms with Crippen molar-refractivity contribution < 1.29 is 9.53 Å². The molecule has 2 saturated heterocycles. The monoisotopic (exact) mass is 309 g/mol. The highest BCUT2D eigenvalue weighted by Gasteiger charge is 2.35. The molecule has 18 heavy (non-hydrogen) atoms. The molecular weight excluding hydrogens is 294 g/mol. The summed E-state index contributed by atoms with van der Waals surface area (Å²) in [6.07, 6.45) is 2.68. The van der Waals surface area contributed by atoms with Crippen LogP contribution in [0.3, 0.4) is 0 Å². The van der Waals surface area contributed by atoms with Crippen molar-refractivity contribution in [1.29, 1.82) is 0 Å². The van der Waals surface area contributed by atoms with Crippen LogP contribution in [0, 0.1) is 6.92 Å². The number of aryl methyl sites for hydroxylation is 1. The summed E-state index contributed by atoms with van der Waals surface area (Å²) in [5.74, 6) is 0.121. The van der Waals surface area contributed by atoms with Gasteiger partial charge in [0.05, 0.1) is 12.2 Å². The normalized spacial score (nSPS) is 26.4. The van der Waals surface area contributed by atoms with Gasteiger partial charge in [-0.15, -0.1) is 0 Å². The Morgan fingerprint density at radius 2 is 2.00 bits per heavy atom. The van der Waals surface area contributed by atoms with Gasteiger partial charge in [0.25, 0.3) is 5.91 Å². The number of hydrogen-bond acceptors (Lipinski definition) is 2. The van der Waals surface area contributed by atoms with Crippen LogP contribution < -0.4 is 0 Å². The third kappa shape index (κ3) is 2.19. The molecule has 2 unspecified atom stereocenters. The predicted molar refractivity (Wildman–Crippen MR) is 72.7 cm³/mol. The van der Waals surface area contributed by atoms with Crippen molar-refractivity contribution in [3.8, 4) is 0 Å². The Kier molecular flexibility index (Phi) is 3.16. The van der Waals surface area contributed by atoms with Crippen molar-refractivity contribution in [3.63, 3.8) is 0 Å². The van der Waals surface area contributed by atoms with E-state index >= 15 is 0 Å². The molecule has 0 radical (unpaired) electrons. The van der Waals surface area contributed by atoms with E-state index in [1.165, 1.54) is 0 Å². The fraction of sp³-hybridized carbons (Fsp3) is 0.500. The van der Waals surface area contributed by atoms with Gasteiger partial charge >= 0.3 is 0 Å². The van der Waals surface area contributed by atoms with Gasteiger partial charge in [0, 0.05) is 23.1 Å². The minimum absolute atomic E-state index is 0.121. The quantitative estimate of drug-likeness (QED) is 0.798. The molecule has 4 heteroatoms. The van der Waals surface area contributed by atoms with Crippen LogP contribution in [-0.2, 0) is 4.74 Å². The van der Waals surface area contributed by atoms with Crippen LogP contribution in [0.1, 0.15) is 28.8 Å². The lowest BCUT2D eigenvalue weighted by Gasteiger charge is -2.32. The number of halogens is 1. The topological polar surface area (TPSA) is 29.5 Å². The Hall–Kier alpha value is -0.870. The first kappa shape index (κ1) is 12.2. The Balaban J connectivity index is 1.79. The molecular formula is C14H16BrNO2. The molecule has 0 spiro atoms. The van der Waals surface area contributed by atoms with E-state index in [0.29, 0.717) is 0 Å². The molecule has 3 rings (SSSR count). The number of morpholine rings is 1. The summed E-state index contributed by atoms with van der Waals surface area (Å²) in [6.45, 7) is 3.49. The molecule has 1 aromatic rings. The Morgan fingerprint density at radius 3 is 2.61 bits per heavy atom. The molecule has 0 aliphatic carbocycles. The molecule has 1 aromatic carbocycles. The number of likely N-dealkylation sites (tertiary alicyclic amines) is 1. The number of carbonyl (C=O) groups excluding carboxylic acids is 1. The summed E-state index contributed by atoms with van der Waals surface area (Å²) in [5.41, 5.74) is 1.90. The van der Waals surface area contributed by atoms with Crippen LogP contribution in [0.2, 0.25) is 0 Å². The predicted octanol–water partition coefficient (Wildman–Crippen LogP) is 2.76. The van der Waals surface area contributed by atoms with E-state index in [1.54, 1.807) is 0 Å². The van der Waals surface area contributed by atoms with Crippen LogP contribution in [0.4, 0.5) is 0 Å². The van der Waals surface area contributed by atoms with Crippen LogP contribution in [0.5, 0.6) is 0 Å². The second kappa shape index (κ2) is 4.67. The van der Waals surface area contributed by atoms with Gasteiger partial charge in [-0.3, -0.25) is 4.79 Å². The number of hydrogen-bond donors (Lipinski definition) is 0. The van der Waals surface area contributed by atoms with Crippen LogP contribution in [0.25, 0.3) is 0 Å². The van der Waals surface area contributed by atoms with Gasteiger partial charge in [-0.1, -0.05) is 22.0 Å². The first-order valence-electron chi connectivity index (χ1n) is 6.34. The highest BCUT2D eigenvalue weighted by molar-refractivity contribution is 9.10. The van der Waals surface area contributed by atoms with E-state index in [4.69, 9.17) is 4.74 Å². The van der Waals surface area contributed by atoms with Gasteiger partial charge in [0.2, 0.25) is 0 Å². The molecule has 2 heterocycles. The average Bonchev–Trinajstić information content (AvgIpc) is 2.71. The third-order valence-corrected chi connectivity index (χ3v) is 4.60. The minimum atomic E-state index is 0.121. The second-order valence-corrected chi connectivity index (χ2v) is 5.99. The molecule has 2 fully saturated rings. The van der Waals surface area contributed by atoms with Crippen molar-refractivity contribution in [3.05, 3.63) is 33.8 Å². The van der Waals surface area contributed by atoms with Crippen molar-refractivity contribution >= 4 is 21.8 Å². The number of amides is 1. The lowest BCUT2D eigenvalue weighted by atomic mass is 10.1. The smallest absolute Gasteiger partial charge is 0.254 e. The Labute approximate surface area is 115 Å². The van der Waals surface area contributed by atoms with Gasteiger partial charge in [0.15, 0.2) is 0 Å². The number of carbonyl (C=O) groups is 1. The fourth-order valence-electron chi connectivity index (χ4n) is 2.69. The summed E-state index contributed by atoms with van der Waals surface area (Å²) < 4.78 is 6.74. The van der Waals surface area contributed by atoms with Crippen molar-refractivity contribution in [2.45, 2.75) is 32.0 Å². The fourth-order valence-corrected chi connectivity index (χ4v) is 3.07. The molecule has 0 aromatic heterocycles. The molecule has 96 valence electrons. The van der Waals surface area contributed by atoms with Gasteiger partial charge in [0.1, 0.15) is 0 Å². The zero-order valence-corrected chi connectivity index (χ0v) is 11.9. The number of nitrogens with zero attached hydrogens (tertiary/aromatic N) is 1. The maximum absolute atomic E-state index is 12.4. The highest BCUT2D eigenvalue weighted by atomic mass is 79.9. The Morgan fingerprint density at radius 1 is 1.33 bits per heavy atom. The highest BCUT2D eigenvalue weighted by Crippen LogP contribution is 2.27. The van der Waals surface area contributed by atoms with E-state index in [1.807, 2.05) is 30.0 Å². The summed E-state index contributed by atoms with van der Waals surface area (Å²) >= 11 is 3.48. The lowest BCUT2D eigenvalue weighted by molar-refractivity contribution is -0.0303. The van der Waals surface area contributed by atoms with Crippen molar-refractivity contribution in [1.82, 2.24) is 4.90 Å². The van der Waals surface area contributed by atoms with Gasteiger partial charge in [-0.2, -0.15) is 0 Å². The number of rotatable bonds is 1. The van der Waals surface area contributed by atoms with Crippen LogP contribution in [0.15, 0.2) is 22.7 Å². The maximum atomic E-state index is 12.4. The minimum Gasteiger partial charge on any atom is -0.371 e. The third-order valence-electron chi connectivity index (χ3n) is 3.75. The Bertz CT molecular complexity index is 477. The first-order valence-corrected chi connectivity index (χ1v) is 7.13. The van der Waals surface area contributed by atoms with Crippen molar-refractivity contribution in [2.75, 3.05) is 13.1 Å². The molecule has 0 saturated carbocycles. The standard InChI is InChI=1S/C14H16BrNO2/c1-9-2-3-10(6-13(9)15)14(17)16-7-11-4-5-12(8-16)18-11/h2-3,6,11-12H,4-5,7-8H2,1H3. The zero-order chi connectivity index (χ0) is 12.7. The summed E-state index contributed by atoms with van der Waals surface area (Å²) in [7, 11) is 0. The molecule has 2 bridgehead atoms. The van der Waals surface area contributed by atoms with Gasteiger partial charge in [-0.05, 0) is 37.5 Å². The molecule has 2 aliphatic rings. The molecule has 0 N–H and O–H groups in total. The lowest BCUT2D eigenvalue weighted by Crippen LogP contribution is -2.45. The largest absolute Gasteiger partial charge is 0.371 e. The van der Waals surface area contributed by atoms with E-state index in [9.17, 15) is 4.79 Å². The molecule has 1 amide bonds. The molecule has 2 atom stereocenters. The summed E-state index contributed by atoms with van der Waals surface area (Å²) in [6, 6.07) is 5.79. The van der Waals surface area contributed by atoms with E-state index < -0.39 is 0 Å². The summed E-state index contributed by atoms with van der Waals surface area (Å²) in [5, 5.41) is 0. The average molecular weight is 310 g/mol. The number of fused-ring (bicyclic) bond motifs is 2. The summed E-state index contributed by atoms with van der Waals surface area (Å²) in [4.78, 5) is 14.4. The maximum Gasteiger partial charge on any atom is 0.254 e. The zero-order valence-electron chi connectivity index (χ0n) is 10.4. The van der Waals surface area contributed by atoms with Crippen LogP contribution >= 0.6 is 15.9 Å². The van der Waals surface area contributed by atoms with E-state index in [2.05, 4.69) is 15.9 Å². The second-order valence-electron chi connectivity index (χ2n) is 5.13. The number of benzene rings is 1.